The van der Waals surface area contributed by atoms with Crippen molar-refractivity contribution >= 4 is 33.2 Å². The van der Waals surface area contributed by atoms with E-state index in [1.807, 2.05) is 13.0 Å². The van der Waals surface area contributed by atoms with Gasteiger partial charge in [-0.1, -0.05) is 18.2 Å². The van der Waals surface area contributed by atoms with Crippen molar-refractivity contribution in [1.29, 1.82) is 0 Å². The van der Waals surface area contributed by atoms with E-state index in [1.165, 1.54) is 31.0 Å². The minimum Gasteiger partial charge on any atom is -0.356 e. The van der Waals surface area contributed by atoms with Crippen LogP contribution in [0.4, 0.5) is 27.5 Å². The maximum atomic E-state index is 13.8. The summed E-state index contributed by atoms with van der Waals surface area (Å²) in [5.41, 5.74) is 2.12. The zero-order valence-electron chi connectivity index (χ0n) is 17.2. The van der Waals surface area contributed by atoms with Gasteiger partial charge in [-0.05, 0) is 50.1 Å². The highest BCUT2D eigenvalue weighted by molar-refractivity contribution is 7.91. The molecule has 31 heavy (non-hydrogen) atoms. The molecule has 0 atom stereocenters. The third kappa shape index (κ3) is 5.49. The standard InChI is InChI=1S/C22H24FN5O2S/c1-16-14-21(28-12-4-5-13-28)26-22(24-16)25-18-8-10-19(11-9-18)27-31(29,30)15-17-6-2-3-7-20(17)23/h2-3,6-11,14,27H,4-5,12-13,15H2,1H3,(H,24,25,26). The van der Waals surface area contributed by atoms with Crippen LogP contribution in [-0.2, 0) is 15.8 Å². The van der Waals surface area contributed by atoms with E-state index in [0.717, 1.165) is 30.3 Å². The Morgan fingerprint density at radius 2 is 1.68 bits per heavy atom. The second-order valence-corrected chi connectivity index (χ2v) is 9.26. The van der Waals surface area contributed by atoms with Crippen LogP contribution in [0.5, 0.6) is 0 Å². The number of hydrogen-bond donors (Lipinski definition) is 2. The molecule has 0 bridgehead atoms. The predicted octanol–water partition coefficient (Wildman–Crippen LogP) is 4.21. The number of halogens is 1. The average molecular weight is 442 g/mol. The highest BCUT2D eigenvalue weighted by atomic mass is 32.2. The van der Waals surface area contributed by atoms with Crippen molar-refractivity contribution < 1.29 is 12.8 Å². The summed E-state index contributed by atoms with van der Waals surface area (Å²) in [4.78, 5) is 11.3. The molecule has 1 aliphatic heterocycles. The van der Waals surface area contributed by atoms with Crippen LogP contribution in [0.3, 0.4) is 0 Å². The first kappa shape index (κ1) is 21.0. The van der Waals surface area contributed by atoms with E-state index in [1.54, 1.807) is 30.3 Å². The van der Waals surface area contributed by atoms with Gasteiger partial charge in [0.2, 0.25) is 16.0 Å². The average Bonchev–Trinajstić information content (AvgIpc) is 3.25. The maximum Gasteiger partial charge on any atom is 0.237 e. The molecule has 2 heterocycles. The first-order chi connectivity index (χ1) is 14.9. The van der Waals surface area contributed by atoms with Crippen molar-refractivity contribution in [2.45, 2.75) is 25.5 Å². The molecular formula is C22H24FN5O2S. The quantitative estimate of drug-likeness (QED) is 0.571. The van der Waals surface area contributed by atoms with Gasteiger partial charge in [-0.3, -0.25) is 4.72 Å². The number of aryl methyl sites for hydroxylation is 1. The van der Waals surface area contributed by atoms with Crippen LogP contribution in [0.2, 0.25) is 0 Å². The number of rotatable bonds is 7. The Labute approximate surface area is 181 Å². The van der Waals surface area contributed by atoms with Crippen LogP contribution < -0.4 is 14.9 Å². The van der Waals surface area contributed by atoms with Gasteiger partial charge in [0.1, 0.15) is 11.6 Å². The minimum absolute atomic E-state index is 0.124. The summed E-state index contributed by atoms with van der Waals surface area (Å²) in [7, 11) is -3.74. The summed E-state index contributed by atoms with van der Waals surface area (Å²) in [5.74, 6) is 0.425. The van der Waals surface area contributed by atoms with E-state index in [2.05, 4.69) is 24.9 Å². The Kier molecular flexibility index (Phi) is 6.03. The zero-order chi connectivity index (χ0) is 21.8. The summed E-state index contributed by atoms with van der Waals surface area (Å²) < 4.78 is 41.0. The summed E-state index contributed by atoms with van der Waals surface area (Å²) in [6.07, 6.45) is 2.33. The smallest absolute Gasteiger partial charge is 0.237 e. The highest BCUT2D eigenvalue weighted by Gasteiger charge is 2.16. The molecule has 4 rings (SSSR count). The molecule has 0 spiro atoms. The second-order valence-electron chi connectivity index (χ2n) is 7.54. The van der Waals surface area contributed by atoms with E-state index in [4.69, 9.17) is 0 Å². The number of sulfonamides is 1. The molecule has 2 aromatic carbocycles. The lowest BCUT2D eigenvalue weighted by atomic mass is 10.2. The van der Waals surface area contributed by atoms with Gasteiger partial charge in [-0.15, -0.1) is 0 Å². The molecule has 3 aromatic rings. The second kappa shape index (κ2) is 8.89. The van der Waals surface area contributed by atoms with Gasteiger partial charge >= 0.3 is 0 Å². The fourth-order valence-corrected chi connectivity index (χ4v) is 4.71. The first-order valence-corrected chi connectivity index (χ1v) is 11.7. The molecule has 1 aromatic heterocycles. The van der Waals surface area contributed by atoms with Gasteiger partial charge < -0.3 is 10.2 Å². The first-order valence-electron chi connectivity index (χ1n) is 10.1. The van der Waals surface area contributed by atoms with E-state index in [-0.39, 0.29) is 5.56 Å². The van der Waals surface area contributed by atoms with Crippen LogP contribution in [0.25, 0.3) is 0 Å². The topological polar surface area (TPSA) is 87.2 Å². The van der Waals surface area contributed by atoms with Crippen molar-refractivity contribution in [1.82, 2.24) is 9.97 Å². The Bertz CT molecular complexity index is 1160. The molecule has 7 nitrogen and oxygen atoms in total. The predicted molar refractivity (Wildman–Crippen MR) is 121 cm³/mol. The van der Waals surface area contributed by atoms with Crippen molar-refractivity contribution in [3.8, 4) is 0 Å². The molecule has 1 saturated heterocycles. The third-order valence-electron chi connectivity index (χ3n) is 4.99. The number of hydrogen-bond acceptors (Lipinski definition) is 6. The fourth-order valence-electron chi connectivity index (χ4n) is 3.50. The highest BCUT2D eigenvalue weighted by Crippen LogP contribution is 2.23. The molecule has 1 aliphatic rings. The Morgan fingerprint density at radius 3 is 2.39 bits per heavy atom. The number of anilines is 4. The van der Waals surface area contributed by atoms with Gasteiger partial charge in [0.15, 0.2) is 0 Å². The van der Waals surface area contributed by atoms with Crippen LogP contribution in [-0.4, -0.2) is 31.5 Å². The summed E-state index contributed by atoms with van der Waals surface area (Å²) in [6, 6.07) is 14.6. The van der Waals surface area contributed by atoms with Crippen molar-refractivity contribution in [3.05, 3.63) is 71.7 Å². The maximum absolute atomic E-state index is 13.8. The van der Waals surface area contributed by atoms with E-state index in [0.29, 0.717) is 11.6 Å². The van der Waals surface area contributed by atoms with Gasteiger partial charge in [0, 0.05) is 41.8 Å². The summed E-state index contributed by atoms with van der Waals surface area (Å²) >= 11 is 0. The number of nitrogens with one attached hydrogen (secondary N) is 2. The molecule has 0 aliphatic carbocycles. The normalized spacial score (nSPS) is 13.9. The van der Waals surface area contributed by atoms with Crippen molar-refractivity contribution in [3.63, 3.8) is 0 Å². The molecular weight excluding hydrogens is 417 g/mol. The monoisotopic (exact) mass is 441 g/mol. The van der Waals surface area contributed by atoms with Crippen LogP contribution in [0.15, 0.2) is 54.6 Å². The molecule has 1 fully saturated rings. The van der Waals surface area contributed by atoms with Crippen LogP contribution in [0, 0.1) is 12.7 Å². The van der Waals surface area contributed by atoms with E-state index < -0.39 is 21.6 Å². The zero-order valence-corrected chi connectivity index (χ0v) is 18.0. The Balaban J connectivity index is 1.43. The SMILES string of the molecule is Cc1cc(N2CCCC2)nc(Nc2ccc(NS(=O)(=O)Cc3ccccc3F)cc2)n1. The van der Waals surface area contributed by atoms with Crippen LogP contribution in [0.1, 0.15) is 24.1 Å². The van der Waals surface area contributed by atoms with E-state index in [9.17, 15) is 12.8 Å². The fraction of sp³-hybridized carbons (Fsp3) is 0.273. The van der Waals surface area contributed by atoms with Gasteiger partial charge in [-0.25, -0.2) is 17.8 Å². The summed E-state index contributed by atoms with van der Waals surface area (Å²) in [6.45, 7) is 3.93. The lowest BCUT2D eigenvalue weighted by Gasteiger charge is -2.17. The number of benzene rings is 2. The molecule has 9 heteroatoms. The lowest BCUT2D eigenvalue weighted by Crippen LogP contribution is -2.19. The van der Waals surface area contributed by atoms with E-state index >= 15 is 0 Å². The molecule has 162 valence electrons. The summed E-state index contributed by atoms with van der Waals surface area (Å²) in [5, 5.41) is 3.17. The van der Waals surface area contributed by atoms with Gasteiger partial charge in [0.25, 0.3) is 0 Å². The molecule has 2 N–H and O–H groups in total. The molecule has 0 unspecified atom stereocenters. The van der Waals surface area contributed by atoms with Gasteiger partial charge in [0.05, 0.1) is 5.75 Å². The third-order valence-corrected chi connectivity index (χ3v) is 6.23. The minimum atomic E-state index is -3.74. The van der Waals surface area contributed by atoms with Crippen molar-refractivity contribution in [2.75, 3.05) is 28.0 Å². The Hall–Kier alpha value is -3.20. The number of aromatic nitrogens is 2. The van der Waals surface area contributed by atoms with Crippen LogP contribution >= 0.6 is 0 Å². The van der Waals surface area contributed by atoms with Crippen molar-refractivity contribution in [2.24, 2.45) is 0 Å². The lowest BCUT2D eigenvalue weighted by molar-refractivity contribution is 0.591. The largest absolute Gasteiger partial charge is 0.356 e. The molecule has 0 radical (unpaired) electrons. The number of nitrogens with zero attached hydrogens (tertiary/aromatic N) is 3. The molecule has 0 saturated carbocycles. The van der Waals surface area contributed by atoms with Gasteiger partial charge in [-0.2, -0.15) is 4.98 Å². The Morgan fingerprint density at radius 1 is 1.00 bits per heavy atom. The molecule has 0 amide bonds.